The maximum absolute atomic E-state index is 9.48. The number of hydrogen-bond donors (Lipinski definition) is 2. The lowest BCUT2D eigenvalue weighted by Gasteiger charge is -2.48. The third-order valence-electron chi connectivity index (χ3n) is 2.68. The molecule has 9 heavy (non-hydrogen) atoms. The summed E-state index contributed by atoms with van der Waals surface area (Å²) in [6.07, 6.45) is 0.962. The zero-order valence-corrected chi connectivity index (χ0v) is 5.96. The predicted molar refractivity (Wildman–Crippen MR) is 35.0 cm³/mol. The highest BCUT2D eigenvalue weighted by molar-refractivity contribution is 4.97. The Kier molecular flexibility index (Phi) is 1.53. The number of hydrogen-bond acceptors (Lipinski definition) is 2. The fourth-order valence-corrected chi connectivity index (χ4v) is 1.41. The van der Waals surface area contributed by atoms with Crippen molar-refractivity contribution < 1.29 is 10.2 Å². The molecule has 1 aliphatic rings. The summed E-state index contributed by atoms with van der Waals surface area (Å²) in [5, 5.41) is 18.2. The van der Waals surface area contributed by atoms with Crippen LogP contribution in [0.15, 0.2) is 0 Å². The van der Waals surface area contributed by atoms with Crippen molar-refractivity contribution in [3.63, 3.8) is 0 Å². The molecule has 1 rings (SSSR count). The minimum Gasteiger partial charge on any atom is -0.396 e. The first-order chi connectivity index (χ1) is 4.09. The SMILES string of the molecule is CC1CC(CO)C1(C)O. The Bertz CT molecular complexity index is 109. The van der Waals surface area contributed by atoms with Crippen molar-refractivity contribution in [3.8, 4) is 0 Å². The molecular weight excluding hydrogens is 116 g/mol. The van der Waals surface area contributed by atoms with Crippen molar-refractivity contribution >= 4 is 0 Å². The summed E-state index contributed by atoms with van der Waals surface area (Å²) in [6, 6.07) is 0. The van der Waals surface area contributed by atoms with Gasteiger partial charge in [-0.05, 0) is 19.3 Å². The average molecular weight is 130 g/mol. The summed E-state index contributed by atoms with van der Waals surface area (Å²) in [4.78, 5) is 0. The molecule has 0 aromatic carbocycles. The van der Waals surface area contributed by atoms with Crippen LogP contribution in [0.1, 0.15) is 20.3 Å². The molecule has 0 heterocycles. The second-order valence-corrected chi connectivity index (χ2v) is 3.24. The molecule has 2 nitrogen and oxygen atoms in total. The van der Waals surface area contributed by atoms with Crippen molar-refractivity contribution in [1.82, 2.24) is 0 Å². The summed E-state index contributed by atoms with van der Waals surface area (Å²) >= 11 is 0. The van der Waals surface area contributed by atoms with E-state index in [-0.39, 0.29) is 12.5 Å². The maximum atomic E-state index is 9.48. The van der Waals surface area contributed by atoms with Crippen LogP contribution in [0.4, 0.5) is 0 Å². The molecule has 0 aliphatic heterocycles. The van der Waals surface area contributed by atoms with Gasteiger partial charge in [-0.15, -0.1) is 0 Å². The number of aliphatic hydroxyl groups is 2. The van der Waals surface area contributed by atoms with Gasteiger partial charge in [0.1, 0.15) is 0 Å². The highest BCUT2D eigenvalue weighted by Gasteiger charge is 2.46. The normalized spacial score (nSPS) is 50.7. The number of aliphatic hydroxyl groups excluding tert-OH is 1. The summed E-state index contributed by atoms with van der Waals surface area (Å²) in [5.74, 6) is 0.474. The van der Waals surface area contributed by atoms with Crippen molar-refractivity contribution in [2.45, 2.75) is 25.9 Å². The fraction of sp³-hybridized carbons (Fsp3) is 1.00. The topological polar surface area (TPSA) is 40.5 Å². The van der Waals surface area contributed by atoms with Crippen molar-refractivity contribution in [1.29, 1.82) is 0 Å². The zero-order chi connectivity index (χ0) is 7.07. The lowest BCUT2D eigenvalue weighted by Crippen LogP contribution is -2.53. The zero-order valence-electron chi connectivity index (χ0n) is 5.96. The largest absolute Gasteiger partial charge is 0.396 e. The Morgan fingerprint density at radius 1 is 1.67 bits per heavy atom. The Hall–Kier alpha value is -0.0800. The van der Waals surface area contributed by atoms with Crippen LogP contribution in [0, 0.1) is 11.8 Å². The fourth-order valence-electron chi connectivity index (χ4n) is 1.41. The predicted octanol–water partition coefficient (Wildman–Crippen LogP) is 0.386. The smallest absolute Gasteiger partial charge is 0.0695 e. The number of rotatable bonds is 1. The Morgan fingerprint density at radius 3 is 2.33 bits per heavy atom. The quantitative estimate of drug-likeness (QED) is 0.539. The van der Waals surface area contributed by atoms with Crippen LogP contribution in [0.3, 0.4) is 0 Å². The van der Waals surface area contributed by atoms with Gasteiger partial charge in [0, 0.05) is 12.5 Å². The first kappa shape index (κ1) is 7.03. The van der Waals surface area contributed by atoms with E-state index in [0.717, 1.165) is 6.42 Å². The van der Waals surface area contributed by atoms with E-state index in [1.54, 1.807) is 6.92 Å². The second-order valence-electron chi connectivity index (χ2n) is 3.24. The molecule has 1 saturated carbocycles. The van der Waals surface area contributed by atoms with Gasteiger partial charge in [-0.25, -0.2) is 0 Å². The van der Waals surface area contributed by atoms with E-state index in [2.05, 4.69) is 0 Å². The minimum absolute atomic E-state index is 0.118. The van der Waals surface area contributed by atoms with Crippen LogP contribution >= 0.6 is 0 Å². The molecule has 3 unspecified atom stereocenters. The van der Waals surface area contributed by atoms with E-state index in [9.17, 15) is 5.11 Å². The molecule has 54 valence electrons. The molecule has 2 heteroatoms. The molecule has 2 N–H and O–H groups in total. The maximum Gasteiger partial charge on any atom is 0.0695 e. The molecule has 0 spiro atoms. The molecular formula is C7H14O2. The first-order valence-corrected chi connectivity index (χ1v) is 3.42. The first-order valence-electron chi connectivity index (χ1n) is 3.42. The molecule has 0 amide bonds. The van der Waals surface area contributed by atoms with Gasteiger partial charge in [0.15, 0.2) is 0 Å². The van der Waals surface area contributed by atoms with E-state index < -0.39 is 5.60 Å². The molecule has 0 radical (unpaired) electrons. The van der Waals surface area contributed by atoms with Crippen LogP contribution in [-0.4, -0.2) is 22.4 Å². The summed E-state index contributed by atoms with van der Waals surface area (Å²) < 4.78 is 0. The Balaban J connectivity index is 2.48. The summed E-state index contributed by atoms with van der Waals surface area (Å²) in [6.45, 7) is 3.92. The average Bonchev–Trinajstić information content (AvgIpc) is 1.82. The molecule has 0 aromatic rings. The molecule has 1 aliphatic carbocycles. The lowest BCUT2D eigenvalue weighted by atomic mass is 9.63. The van der Waals surface area contributed by atoms with Gasteiger partial charge in [-0.3, -0.25) is 0 Å². The van der Waals surface area contributed by atoms with E-state index in [1.165, 1.54) is 0 Å². The monoisotopic (exact) mass is 130 g/mol. The second kappa shape index (κ2) is 1.96. The minimum atomic E-state index is -0.602. The van der Waals surface area contributed by atoms with Crippen LogP contribution in [0.2, 0.25) is 0 Å². The van der Waals surface area contributed by atoms with Gasteiger partial charge in [-0.1, -0.05) is 6.92 Å². The van der Waals surface area contributed by atoms with Gasteiger partial charge in [-0.2, -0.15) is 0 Å². The standard InChI is InChI=1S/C7H14O2/c1-5-3-6(4-8)7(5,2)9/h5-6,8-9H,3-4H2,1-2H3. The van der Waals surface area contributed by atoms with Gasteiger partial charge in [0.05, 0.1) is 5.60 Å². The summed E-state index contributed by atoms with van der Waals surface area (Å²) in [5.41, 5.74) is -0.602. The van der Waals surface area contributed by atoms with Gasteiger partial charge in [0.2, 0.25) is 0 Å². The van der Waals surface area contributed by atoms with E-state index in [4.69, 9.17) is 5.11 Å². The third kappa shape index (κ3) is 0.864. The summed E-state index contributed by atoms with van der Waals surface area (Å²) in [7, 11) is 0. The molecule has 0 bridgehead atoms. The molecule has 0 saturated heterocycles. The van der Waals surface area contributed by atoms with Crippen LogP contribution in [0.5, 0.6) is 0 Å². The van der Waals surface area contributed by atoms with Crippen molar-refractivity contribution in [3.05, 3.63) is 0 Å². The van der Waals surface area contributed by atoms with E-state index >= 15 is 0 Å². The van der Waals surface area contributed by atoms with Gasteiger partial charge < -0.3 is 10.2 Å². The van der Waals surface area contributed by atoms with Crippen molar-refractivity contribution in [2.75, 3.05) is 6.61 Å². The molecule has 0 aromatic heterocycles. The highest BCUT2D eigenvalue weighted by Crippen LogP contribution is 2.42. The van der Waals surface area contributed by atoms with Gasteiger partial charge >= 0.3 is 0 Å². The van der Waals surface area contributed by atoms with E-state index in [1.807, 2.05) is 6.92 Å². The van der Waals surface area contributed by atoms with Crippen LogP contribution in [0.25, 0.3) is 0 Å². The van der Waals surface area contributed by atoms with Crippen molar-refractivity contribution in [2.24, 2.45) is 11.8 Å². The van der Waals surface area contributed by atoms with E-state index in [0.29, 0.717) is 5.92 Å². The van der Waals surface area contributed by atoms with Crippen LogP contribution < -0.4 is 0 Å². The van der Waals surface area contributed by atoms with Crippen LogP contribution in [-0.2, 0) is 0 Å². The van der Waals surface area contributed by atoms with Gasteiger partial charge in [0.25, 0.3) is 0 Å². The lowest BCUT2D eigenvalue weighted by molar-refractivity contribution is -0.144. The molecule has 1 fully saturated rings. The third-order valence-corrected chi connectivity index (χ3v) is 2.68. The Labute approximate surface area is 55.5 Å². The highest BCUT2D eigenvalue weighted by atomic mass is 16.3. The Morgan fingerprint density at radius 2 is 2.22 bits per heavy atom. The molecule has 3 atom stereocenters.